The van der Waals surface area contributed by atoms with Crippen LogP contribution in [-0.4, -0.2) is 33.4 Å². The van der Waals surface area contributed by atoms with Gasteiger partial charge in [0.05, 0.1) is 11.4 Å². The van der Waals surface area contributed by atoms with Crippen LogP contribution in [0.25, 0.3) is 0 Å². The van der Waals surface area contributed by atoms with Crippen molar-refractivity contribution in [3.05, 3.63) is 18.2 Å². The molecule has 0 saturated carbocycles. The molecule has 8 heteroatoms. The van der Waals surface area contributed by atoms with Crippen molar-refractivity contribution in [1.82, 2.24) is 4.72 Å². The van der Waals surface area contributed by atoms with Crippen molar-refractivity contribution in [3.63, 3.8) is 0 Å². The lowest BCUT2D eigenvalue weighted by molar-refractivity contribution is -0.110. The molecule has 1 heterocycles. The molecule has 98 valence electrons. The van der Waals surface area contributed by atoms with E-state index in [2.05, 4.69) is 4.72 Å². The predicted octanol–water partition coefficient (Wildman–Crippen LogP) is 0.502. The van der Waals surface area contributed by atoms with E-state index < -0.39 is 21.8 Å². The van der Waals surface area contributed by atoms with Gasteiger partial charge in [-0.15, -0.1) is 0 Å². The van der Waals surface area contributed by atoms with Crippen molar-refractivity contribution in [2.75, 3.05) is 19.8 Å². The van der Waals surface area contributed by atoms with E-state index in [1.54, 1.807) is 0 Å². The molecule has 0 fully saturated rings. The van der Waals surface area contributed by atoms with Crippen molar-refractivity contribution < 1.29 is 22.7 Å². The fourth-order valence-electron chi connectivity index (χ4n) is 1.43. The summed E-state index contributed by atoms with van der Waals surface area (Å²) in [4.78, 5) is 10.5. The zero-order valence-corrected chi connectivity index (χ0v) is 10.8. The number of benzene rings is 1. The molecular weight excluding hydrogens is 282 g/mol. The highest BCUT2D eigenvalue weighted by Crippen LogP contribution is 2.32. The topological polar surface area (TPSA) is 81.7 Å². The quantitative estimate of drug-likeness (QED) is 0.817. The lowest BCUT2D eigenvalue weighted by atomic mass is 10.3. The minimum absolute atomic E-state index is 0.00957. The smallest absolute Gasteiger partial charge is 0.241 e. The Balaban J connectivity index is 2.25. The normalized spacial score (nSPS) is 14.3. The lowest BCUT2D eigenvalue weighted by Gasteiger charge is -2.18. The zero-order chi connectivity index (χ0) is 13.2. The third kappa shape index (κ3) is 2.92. The fraction of sp³-hybridized carbons (Fsp3) is 0.300. The Morgan fingerprint density at radius 1 is 1.28 bits per heavy atom. The Morgan fingerprint density at radius 2 is 1.94 bits per heavy atom. The van der Waals surface area contributed by atoms with E-state index in [-0.39, 0.29) is 4.90 Å². The number of nitrogens with one attached hydrogen (secondary N) is 1. The van der Waals surface area contributed by atoms with Gasteiger partial charge in [0.25, 0.3) is 0 Å². The number of carbonyl (C=O) groups is 1. The molecule has 18 heavy (non-hydrogen) atoms. The molecule has 1 aromatic carbocycles. The van der Waals surface area contributed by atoms with Gasteiger partial charge in [-0.05, 0) is 23.7 Å². The second-order valence-corrected chi connectivity index (χ2v) is 5.67. The summed E-state index contributed by atoms with van der Waals surface area (Å²) >= 11 is 5.08. The van der Waals surface area contributed by atoms with Crippen molar-refractivity contribution >= 4 is 26.9 Å². The molecule has 1 N–H and O–H groups in total. The summed E-state index contributed by atoms with van der Waals surface area (Å²) in [5.41, 5.74) is 0. The van der Waals surface area contributed by atoms with E-state index in [0.29, 0.717) is 24.7 Å². The number of hydrogen-bond acceptors (Lipinski definition) is 5. The van der Waals surface area contributed by atoms with E-state index in [4.69, 9.17) is 21.1 Å². The number of fused-ring (bicyclic) bond motifs is 1. The zero-order valence-electron chi connectivity index (χ0n) is 9.18. The first-order chi connectivity index (χ1) is 8.49. The molecule has 1 aliphatic rings. The maximum atomic E-state index is 11.8. The van der Waals surface area contributed by atoms with Crippen LogP contribution in [0.1, 0.15) is 0 Å². The summed E-state index contributed by atoms with van der Waals surface area (Å²) in [5, 5.41) is -0.781. The molecule has 0 aliphatic carbocycles. The molecular formula is C10H10ClNO5S. The molecule has 0 amide bonds. The van der Waals surface area contributed by atoms with Crippen LogP contribution in [-0.2, 0) is 14.8 Å². The van der Waals surface area contributed by atoms with Crippen LogP contribution in [0, 0.1) is 0 Å². The lowest BCUT2D eigenvalue weighted by Crippen LogP contribution is -2.28. The molecule has 2 rings (SSSR count). The first-order valence-corrected chi connectivity index (χ1v) is 6.93. The monoisotopic (exact) mass is 291 g/mol. The van der Waals surface area contributed by atoms with Gasteiger partial charge in [-0.1, -0.05) is 0 Å². The SMILES string of the molecule is O=C(Cl)CNS(=O)(=O)c1ccc2c(c1)OCCO2. The van der Waals surface area contributed by atoms with Gasteiger partial charge in [-0.3, -0.25) is 4.79 Å². The van der Waals surface area contributed by atoms with Gasteiger partial charge in [0.1, 0.15) is 13.2 Å². The van der Waals surface area contributed by atoms with Crippen LogP contribution >= 0.6 is 11.6 Å². The molecule has 0 saturated heterocycles. The van der Waals surface area contributed by atoms with Crippen LogP contribution < -0.4 is 14.2 Å². The van der Waals surface area contributed by atoms with Crippen molar-refractivity contribution in [2.45, 2.75) is 4.90 Å². The molecule has 0 unspecified atom stereocenters. The molecule has 0 atom stereocenters. The van der Waals surface area contributed by atoms with Gasteiger partial charge >= 0.3 is 0 Å². The minimum atomic E-state index is -3.78. The molecule has 6 nitrogen and oxygen atoms in total. The van der Waals surface area contributed by atoms with Crippen LogP contribution in [0.3, 0.4) is 0 Å². The van der Waals surface area contributed by atoms with Gasteiger partial charge in [0.15, 0.2) is 11.5 Å². The maximum Gasteiger partial charge on any atom is 0.241 e. The van der Waals surface area contributed by atoms with E-state index in [1.165, 1.54) is 18.2 Å². The molecule has 0 spiro atoms. The molecule has 0 radical (unpaired) electrons. The molecule has 0 aromatic heterocycles. The van der Waals surface area contributed by atoms with E-state index in [0.717, 1.165) is 0 Å². The van der Waals surface area contributed by atoms with Crippen molar-refractivity contribution in [2.24, 2.45) is 0 Å². The van der Waals surface area contributed by atoms with Gasteiger partial charge < -0.3 is 9.47 Å². The van der Waals surface area contributed by atoms with Gasteiger partial charge in [-0.2, -0.15) is 0 Å². The third-order valence-corrected chi connectivity index (χ3v) is 3.76. The summed E-state index contributed by atoms with van der Waals surface area (Å²) in [7, 11) is -3.78. The van der Waals surface area contributed by atoms with Gasteiger partial charge in [0, 0.05) is 6.07 Å². The number of rotatable bonds is 4. The molecule has 0 bridgehead atoms. The first-order valence-electron chi connectivity index (χ1n) is 5.07. The first kappa shape index (κ1) is 13.1. The van der Waals surface area contributed by atoms with Crippen LogP contribution in [0.5, 0.6) is 11.5 Å². The standard InChI is InChI=1S/C10H10ClNO5S/c11-10(13)6-12-18(14,15)7-1-2-8-9(5-7)17-4-3-16-8/h1-2,5,12H,3-4,6H2. The average molecular weight is 292 g/mol. The van der Waals surface area contributed by atoms with Crippen molar-refractivity contribution in [1.29, 1.82) is 0 Å². The van der Waals surface area contributed by atoms with Crippen molar-refractivity contribution in [3.8, 4) is 11.5 Å². The number of halogens is 1. The Bertz CT molecular complexity index is 572. The third-order valence-electron chi connectivity index (χ3n) is 2.23. The number of hydrogen-bond donors (Lipinski definition) is 1. The summed E-state index contributed by atoms with van der Waals surface area (Å²) in [6, 6.07) is 4.22. The van der Waals surface area contributed by atoms with E-state index in [1.807, 2.05) is 0 Å². The number of carbonyl (C=O) groups excluding carboxylic acids is 1. The van der Waals surface area contributed by atoms with Crippen LogP contribution in [0.2, 0.25) is 0 Å². The van der Waals surface area contributed by atoms with E-state index in [9.17, 15) is 13.2 Å². The Morgan fingerprint density at radius 3 is 2.61 bits per heavy atom. The summed E-state index contributed by atoms with van der Waals surface area (Å²) < 4.78 is 36.2. The predicted molar refractivity (Wildman–Crippen MR) is 63.5 cm³/mol. The Hall–Kier alpha value is -1.31. The fourth-order valence-corrected chi connectivity index (χ4v) is 2.57. The highest BCUT2D eigenvalue weighted by atomic mass is 35.5. The number of sulfonamides is 1. The minimum Gasteiger partial charge on any atom is -0.486 e. The number of ether oxygens (including phenoxy) is 2. The summed E-state index contributed by atoms with van der Waals surface area (Å²) in [6.45, 7) is 0.334. The maximum absolute atomic E-state index is 11.8. The largest absolute Gasteiger partial charge is 0.486 e. The summed E-state index contributed by atoms with van der Waals surface area (Å²) in [5.74, 6) is 0.856. The van der Waals surface area contributed by atoms with Crippen LogP contribution in [0.15, 0.2) is 23.1 Å². The molecule has 1 aliphatic heterocycles. The van der Waals surface area contributed by atoms with E-state index >= 15 is 0 Å². The van der Waals surface area contributed by atoms with Gasteiger partial charge in [-0.25, -0.2) is 13.1 Å². The van der Waals surface area contributed by atoms with Crippen LogP contribution in [0.4, 0.5) is 0 Å². The second kappa shape index (κ2) is 5.13. The second-order valence-electron chi connectivity index (χ2n) is 3.49. The summed E-state index contributed by atoms with van der Waals surface area (Å²) in [6.07, 6.45) is 0. The van der Waals surface area contributed by atoms with Gasteiger partial charge in [0.2, 0.25) is 15.3 Å². The molecule has 1 aromatic rings. The highest BCUT2D eigenvalue weighted by molar-refractivity contribution is 7.89. The highest BCUT2D eigenvalue weighted by Gasteiger charge is 2.19. The average Bonchev–Trinajstić information content (AvgIpc) is 2.36. The Labute approximate surface area is 109 Å². The Kier molecular flexibility index (Phi) is 3.74.